The molecule has 0 aromatic rings. The molecule has 1 saturated heterocycles. The van der Waals surface area contributed by atoms with E-state index in [0.717, 1.165) is 19.8 Å². The van der Waals surface area contributed by atoms with Crippen LogP contribution in [0.5, 0.6) is 0 Å². The molecule has 176 valence electrons. The quantitative estimate of drug-likeness (QED) is 0.214. The van der Waals surface area contributed by atoms with Gasteiger partial charge in [0.1, 0.15) is 5.60 Å². The fourth-order valence-electron chi connectivity index (χ4n) is 3.28. The van der Waals surface area contributed by atoms with Crippen LogP contribution in [0.2, 0.25) is 0 Å². The Kier molecular flexibility index (Phi) is 10.3. The van der Waals surface area contributed by atoms with Gasteiger partial charge < -0.3 is 25.4 Å². The molecule has 1 amide bonds. The summed E-state index contributed by atoms with van der Waals surface area (Å²) in [5.41, 5.74) is -1.66. The number of carboxylic acid groups (broad SMARTS) is 1. The molecule has 4 atom stereocenters. The summed E-state index contributed by atoms with van der Waals surface area (Å²) in [6.07, 6.45) is 14.1. The van der Waals surface area contributed by atoms with Crippen LogP contribution in [0.25, 0.3) is 0 Å². The molecule has 2 N–H and O–H groups in total. The maximum absolute atomic E-state index is 12.4. The molecule has 0 unspecified atom stereocenters. The Balaban J connectivity index is 2.70. The van der Waals surface area contributed by atoms with E-state index in [-0.39, 0.29) is 5.92 Å². The van der Waals surface area contributed by atoms with E-state index in [0.29, 0.717) is 5.92 Å². The summed E-state index contributed by atoms with van der Waals surface area (Å²) in [5.74, 6) is -3.75. The molecule has 7 nitrogen and oxygen atoms in total. The first kappa shape index (κ1) is 27.1. The number of aliphatic hydroxyl groups is 1. The molecule has 1 aliphatic heterocycles. The van der Waals surface area contributed by atoms with Crippen molar-refractivity contribution in [3.8, 4) is 0 Å². The molecule has 0 saturated carbocycles. The maximum atomic E-state index is 12.4. The van der Waals surface area contributed by atoms with Gasteiger partial charge in [0.15, 0.2) is 5.78 Å². The van der Waals surface area contributed by atoms with Crippen molar-refractivity contribution < 1.29 is 29.7 Å². The SMILES string of the molecule is C/C=C(C)/C=C/C=C/C[C@@H](C)C[C@@H](C)/C=C/C([O-])=C1C(=O)N[C@@H](C[C@](C)(O)C(=O)[O-])C1=O. The number of rotatable bonds is 11. The van der Waals surface area contributed by atoms with Gasteiger partial charge in [0.25, 0.3) is 5.91 Å². The van der Waals surface area contributed by atoms with Gasteiger partial charge in [0.05, 0.1) is 17.6 Å². The molecule has 0 aromatic carbocycles. The average molecular weight is 444 g/mol. The van der Waals surface area contributed by atoms with Crippen molar-refractivity contribution in [2.45, 2.75) is 65.5 Å². The molecular formula is C25H33NO6-2. The van der Waals surface area contributed by atoms with E-state index in [1.54, 1.807) is 6.08 Å². The maximum Gasteiger partial charge on any atom is 0.254 e. The van der Waals surface area contributed by atoms with E-state index < -0.39 is 47.1 Å². The van der Waals surface area contributed by atoms with Crippen LogP contribution in [-0.4, -0.2) is 34.4 Å². The number of ketones is 1. The fraction of sp³-hybridized carbons (Fsp3) is 0.480. The minimum Gasteiger partial charge on any atom is -0.872 e. The van der Waals surface area contributed by atoms with Gasteiger partial charge in [-0.05, 0) is 45.4 Å². The molecular weight excluding hydrogens is 410 g/mol. The summed E-state index contributed by atoms with van der Waals surface area (Å²) in [6, 6.07) is -1.28. The third kappa shape index (κ3) is 8.30. The molecule has 1 heterocycles. The normalized spacial score (nSPS) is 23.1. The van der Waals surface area contributed by atoms with E-state index in [9.17, 15) is 29.7 Å². The van der Waals surface area contributed by atoms with E-state index in [2.05, 4.69) is 18.3 Å². The third-order valence-electron chi connectivity index (χ3n) is 5.33. The van der Waals surface area contributed by atoms with Gasteiger partial charge in [-0.2, -0.15) is 0 Å². The fourth-order valence-corrected chi connectivity index (χ4v) is 3.28. The molecule has 7 heteroatoms. The van der Waals surface area contributed by atoms with Gasteiger partial charge in [-0.3, -0.25) is 9.59 Å². The highest BCUT2D eigenvalue weighted by Gasteiger charge is 2.40. The van der Waals surface area contributed by atoms with Crippen LogP contribution in [0.4, 0.5) is 0 Å². The Bertz CT molecular complexity index is 860. The van der Waals surface area contributed by atoms with Gasteiger partial charge >= 0.3 is 0 Å². The zero-order valence-electron chi connectivity index (χ0n) is 19.4. The Hall–Kier alpha value is -2.93. The van der Waals surface area contributed by atoms with Crippen LogP contribution in [0.15, 0.2) is 59.4 Å². The minimum absolute atomic E-state index is 0.0537. The molecule has 0 aliphatic carbocycles. The van der Waals surface area contributed by atoms with Crippen molar-refractivity contribution in [3.05, 3.63) is 59.4 Å². The number of aliphatic carboxylic acids is 1. The van der Waals surface area contributed by atoms with Crippen molar-refractivity contribution in [1.29, 1.82) is 0 Å². The molecule has 32 heavy (non-hydrogen) atoms. The van der Waals surface area contributed by atoms with Gasteiger partial charge in [-0.25, -0.2) is 0 Å². The van der Waals surface area contributed by atoms with Gasteiger partial charge in [-0.1, -0.05) is 67.7 Å². The summed E-state index contributed by atoms with van der Waals surface area (Å²) in [7, 11) is 0. The predicted molar refractivity (Wildman–Crippen MR) is 119 cm³/mol. The first-order valence-corrected chi connectivity index (χ1v) is 10.7. The predicted octanol–water partition coefficient (Wildman–Crippen LogP) is 1.25. The van der Waals surface area contributed by atoms with Crippen molar-refractivity contribution in [2.24, 2.45) is 11.8 Å². The van der Waals surface area contributed by atoms with Crippen LogP contribution < -0.4 is 15.5 Å². The number of hydrogen-bond donors (Lipinski definition) is 2. The largest absolute Gasteiger partial charge is 0.872 e. The van der Waals surface area contributed by atoms with Crippen LogP contribution in [0.1, 0.15) is 53.9 Å². The van der Waals surface area contributed by atoms with E-state index in [1.807, 2.05) is 45.1 Å². The monoisotopic (exact) mass is 443 g/mol. The number of carboxylic acids is 1. The third-order valence-corrected chi connectivity index (χ3v) is 5.33. The molecule has 0 radical (unpaired) electrons. The zero-order valence-corrected chi connectivity index (χ0v) is 19.4. The highest BCUT2D eigenvalue weighted by molar-refractivity contribution is 6.27. The molecule has 0 aromatic heterocycles. The Morgan fingerprint density at radius 2 is 1.88 bits per heavy atom. The van der Waals surface area contributed by atoms with Crippen LogP contribution in [0.3, 0.4) is 0 Å². The highest BCUT2D eigenvalue weighted by atomic mass is 16.4. The second kappa shape index (κ2) is 12.2. The van der Waals surface area contributed by atoms with Crippen LogP contribution in [-0.2, 0) is 14.4 Å². The second-order valence-corrected chi connectivity index (χ2v) is 8.63. The lowest BCUT2D eigenvalue weighted by Gasteiger charge is -2.26. The van der Waals surface area contributed by atoms with Crippen molar-refractivity contribution >= 4 is 17.7 Å². The van der Waals surface area contributed by atoms with Crippen molar-refractivity contribution in [3.63, 3.8) is 0 Å². The van der Waals surface area contributed by atoms with Gasteiger partial charge in [0.2, 0.25) is 0 Å². The first-order chi connectivity index (χ1) is 14.9. The standard InChI is InChI=1S/C25H35NO6/c1-6-16(2)10-8-7-9-11-17(3)14-18(4)12-13-20(27)21-22(28)19(26-23(21)29)15-25(5,32)24(30)31/h6-10,12-13,17-19,27,32H,11,14-15H2,1-5H3,(H,26,29)(H,30,31)/p-2/b9-7+,10-8+,13-12+,16-6+,21-20?/t17-,18+,19+,25+/m1/s1. The highest BCUT2D eigenvalue weighted by Crippen LogP contribution is 2.22. The molecule has 0 bridgehead atoms. The summed E-state index contributed by atoms with van der Waals surface area (Å²) < 4.78 is 0. The topological polar surface area (TPSA) is 130 Å². The summed E-state index contributed by atoms with van der Waals surface area (Å²) >= 11 is 0. The number of Topliss-reactive ketones (excluding diaryl/α,β-unsaturated/α-hetero) is 1. The number of hydrogen-bond acceptors (Lipinski definition) is 6. The van der Waals surface area contributed by atoms with E-state index in [4.69, 9.17) is 0 Å². The lowest BCUT2D eigenvalue weighted by Crippen LogP contribution is -2.50. The lowest BCUT2D eigenvalue weighted by atomic mass is 9.93. The van der Waals surface area contributed by atoms with E-state index >= 15 is 0 Å². The first-order valence-electron chi connectivity index (χ1n) is 10.7. The number of carbonyl (C=O) groups excluding carboxylic acids is 3. The molecule has 0 spiro atoms. The lowest BCUT2D eigenvalue weighted by molar-refractivity contribution is -0.324. The minimum atomic E-state index is -2.30. The Morgan fingerprint density at radius 1 is 1.22 bits per heavy atom. The van der Waals surface area contributed by atoms with Gasteiger partial charge in [0, 0.05) is 6.42 Å². The molecule has 1 rings (SSSR count). The molecule has 1 fully saturated rings. The molecule has 1 aliphatic rings. The Morgan fingerprint density at radius 3 is 2.47 bits per heavy atom. The van der Waals surface area contributed by atoms with E-state index in [1.165, 1.54) is 11.6 Å². The Labute approximate surface area is 189 Å². The number of allylic oxidation sites excluding steroid dienone is 8. The van der Waals surface area contributed by atoms with Gasteiger partial charge in [-0.15, -0.1) is 0 Å². The number of nitrogens with one attached hydrogen (secondary N) is 1. The number of amides is 1. The van der Waals surface area contributed by atoms with Crippen LogP contribution in [0, 0.1) is 11.8 Å². The van der Waals surface area contributed by atoms with Crippen molar-refractivity contribution in [2.75, 3.05) is 0 Å². The summed E-state index contributed by atoms with van der Waals surface area (Å²) in [4.78, 5) is 35.4. The zero-order chi connectivity index (χ0) is 24.5. The van der Waals surface area contributed by atoms with Crippen LogP contribution >= 0.6 is 0 Å². The van der Waals surface area contributed by atoms with Crippen molar-refractivity contribution in [1.82, 2.24) is 5.32 Å². The summed E-state index contributed by atoms with van der Waals surface area (Å²) in [6.45, 7) is 9.03. The number of carbonyl (C=O) groups is 3. The smallest absolute Gasteiger partial charge is 0.254 e. The second-order valence-electron chi connectivity index (χ2n) is 8.63. The summed E-state index contributed by atoms with van der Waals surface area (Å²) in [5, 5.41) is 35.4. The average Bonchev–Trinajstić information content (AvgIpc) is 2.97.